The van der Waals surface area contributed by atoms with E-state index in [0.29, 0.717) is 5.56 Å². The summed E-state index contributed by atoms with van der Waals surface area (Å²) >= 11 is 0. The molecule has 2 rings (SSSR count). The molecule has 28 heavy (non-hydrogen) atoms. The SMILES string of the molecule is CCCCCCc1ccc(C(=O)OOOC(=O)OC2C(C)CCCC2C)cc1. The van der Waals surface area contributed by atoms with Gasteiger partial charge in [-0.1, -0.05) is 58.6 Å². The van der Waals surface area contributed by atoms with Crippen LogP contribution in [0.1, 0.15) is 81.6 Å². The van der Waals surface area contributed by atoms with Crippen LogP contribution in [-0.2, 0) is 26.0 Å². The van der Waals surface area contributed by atoms with Crippen molar-refractivity contribution in [3.8, 4) is 0 Å². The van der Waals surface area contributed by atoms with E-state index >= 15 is 0 Å². The Morgan fingerprint density at radius 2 is 1.64 bits per heavy atom. The van der Waals surface area contributed by atoms with Crippen molar-refractivity contribution >= 4 is 12.1 Å². The summed E-state index contributed by atoms with van der Waals surface area (Å²) in [5.74, 6) is -0.205. The fourth-order valence-corrected chi connectivity index (χ4v) is 3.70. The van der Waals surface area contributed by atoms with Gasteiger partial charge in [-0.05, 0) is 55.2 Å². The Labute approximate surface area is 167 Å². The molecule has 0 heterocycles. The van der Waals surface area contributed by atoms with Gasteiger partial charge >= 0.3 is 12.1 Å². The highest BCUT2D eigenvalue weighted by Gasteiger charge is 2.32. The van der Waals surface area contributed by atoms with Crippen LogP contribution in [0.3, 0.4) is 0 Å². The number of carbonyl (C=O) groups is 2. The Morgan fingerprint density at radius 1 is 0.964 bits per heavy atom. The molecule has 1 fully saturated rings. The second-order valence-electron chi connectivity index (χ2n) is 7.75. The van der Waals surface area contributed by atoms with Crippen LogP contribution in [0.5, 0.6) is 0 Å². The number of hydrogen-bond acceptors (Lipinski definition) is 6. The van der Waals surface area contributed by atoms with Gasteiger partial charge in [0.2, 0.25) is 0 Å². The quantitative estimate of drug-likeness (QED) is 0.229. The number of benzene rings is 1. The molecule has 156 valence electrons. The van der Waals surface area contributed by atoms with Crippen LogP contribution < -0.4 is 0 Å². The van der Waals surface area contributed by atoms with Crippen molar-refractivity contribution in [3.05, 3.63) is 35.4 Å². The van der Waals surface area contributed by atoms with Crippen LogP contribution in [0, 0.1) is 11.8 Å². The zero-order chi connectivity index (χ0) is 20.4. The van der Waals surface area contributed by atoms with E-state index in [2.05, 4.69) is 21.7 Å². The normalized spacial score (nSPS) is 21.8. The highest BCUT2D eigenvalue weighted by molar-refractivity contribution is 5.88. The van der Waals surface area contributed by atoms with E-state index in [9.17, 15) is 9.59 Å². The zero-order valence-electron chi connectivity index (χ0n) is 17.1. The highest BCUT2D eigenvalue weighted by Crippen LogP contribution is 2.31. The van der Waals surface area contributed by atoms with Gasteiger partial charge in [0.25, 0.3) is 0 Å². The lowest BCUT2D eigenvalue weighted by Gasteiger charge is -2.32. The fourth-order valence-electron chi connectivity index (χ4n) is 3.70. The van der Waals surface area contributed by atoms with Crippen LogP contribution in [-0.4, -0.2) is 18.2 Å². The van der Waals surface area contributed by atoms with Crippen molar-refractivity contribution in [2.75, 3.05) is 0 Å². The van der Waals surface area contributed by atoms with Gasteiger partial charge in [-0.25, -0.2) is 14.5 Å². The van der Waals surface area contributed by atoms with Gasteiger partial charge in [0, 0.05) is 0 Å². The third-order valence-electron chi connectivity index (χ3n) is 5.39. The summed E-state index contributed by atoms with van der Waals surface area (Å²) in [4.78, 5) is 32.7. The Bertz CT molecular complexity index is 602. The Hall–Kier alpha value is -2.08. The van der Waals surface area contributed by atoms with Crippen molar-refractivity contribution in [2.45, 2.75) is 78.2 Å². The first-order chi connectivity index (χ1) is 13.5. The number of ether oxygens (including phenoxy) is 1. The van der Waals surface area contributed by atoms with Crippen LogP contribution in [0.25, 0.3) is 0 Å². The molecule has 0 saturated heterocycles. The first-order valence-electron chi connectivity index (χ1n) is 10.4. The van der Waals surface area contributed by atoms with Crippen molar-refractivity contribution in [3.63, 3.8) is 0 Å². The molecule has 1 saturated carbocycles. The van der Waals surface area contributed by atoms with E-state index in [1.807, 2.05) is 26.0 Å². The molecular formula is C22H32O6. The lowest BCUT2D eigenvalue weighted by atomic mass is 9.81. The molecule has 0 N–H and O–H groups in total. The van der Waals surface area contributed by atoms with Crippen molar-refractivity contribution < 1.29 is 29.1 Å². The Kier molecular flexibility index (Phi) is 9.28. The molecule has 1 aliphatic carbocycles. The van der Waals surface area contributed by atoms with Gasteiger partial charge in [-0.2, -0.15) is 0 Å². The molecule has 0 aliphatic heterocycles. The van der Waals surface area contributed by atoms with Crippen molar-refractivity contribution in [1.29, 1.82) is 0 Å². The third-order valence-corrected chi connectivity index (χ3v) is 5.39. The average molecular weight is 392 g/mol. The molecular weight excluding hydrogens is 360 g/mol. The molecule has 2 atom stereocenters. The van der Waals surface area contributed by atoms with Gasteiger partial charge in [0.15, 0.2) is 0 Å². The second-order valence-corrected chi connectivity index (χ2v) is 7.75. The maximum Gasteiger partial charge on any atom is 0.543 e. The lowest BCUT2D eigenvalue weighted by Crippen LogP contribution is -2.35. The van der Waals surface area contributed by atoms with E-state index < -0.39 is 12.1 Å². The van der Waals surface area contributed by atoms with E-state index in [4.69, 9.17) is 4.74 Å². The smallest absolute Gasteiger partial charge is 0.428 e. The average Bonchev–Trinajstić information content (AvgIpc) is 2.68. The maximum atomic E-state index is 12.0. The molecule has 2 unspecified atom stereocenters. The molecule has 0 bridgehead atoms. The van der Waals surface area contributed by atoms with Gasteiger partial charge in [0.05, 0.1) is 10.6 Å². The van der Waals surface area contributed by atoms with Gasteiger partial charge in [0.1, 0.15) is 6.10 Å². The summed E-state index contributed by atoms with van der Waals surface area (Å²) in [7, 11) is 0. The summed E-state index contributed by atoms with van der Waals surface area (Å²) in [6.07, 6.45) is 7.70. The van der Waals surface area contributed by atoms with Crippen molar-refractivity contribution in [1.82, 2.24) is 0 Å². The molecule has 1 aromatic carbocycles. The van der Waals surface area contributed by atoms with E-state index in [1.54, 1.807) is 12.1 Å². The largest absolute Gasteiger partial charge is 0.543 e. The maximum absolute atomic E-state index is 12.0. The molecule has 0 amide bonds. The minimum Gasteiger partial charge on any atom is -0.428 e. The summed E-state index contributed by atoms with van der Waals surface area (Å²) < 4.78 is 5.30. The number of hydrogen-bond donors (Lipinski definition) is 0. The standard InChI is InChI=1S/C22H32O6/c1-4-5-6-7-11-18-12-14-19(15-13-18)21(23)26-28-27-22(24)25-20-16(2)9-8-10-17(20)3/h12-17,20H,4-11H2,1-3H3. The molecule has 1 aromatic rings. The predicted molar refractivity (Wildman–Crippen MR) is 104 cm³/mol. The second kappa shape index (κ2) is 11.7. The van der Waals surface area contributed by atoms with Gasteiger partial charge in [-0.15, -0.1) is 0 Å². The molecule has 0 spiro atoms. The van der Waals surface area contributed by atoms with Gasteiger partial charge in [-0.3, -0.25) is 4.89 Å². The highest BCUT2D eigenvalue weighted by atomic mass is 17.5. The number of unbranched alkanes of at least 4 members (excludes halogenated alkanes) is 3. The van der Waals surface area contributed by atoms with Crippen molar-refractivity contribution in [2.24, 2.45) is 11.8 Å². The first kappa shape index (κ1) is 22.2. The topological polar surface area (TPSA) is 71.1 Å². The van der Waals surface area contributed by atoms with E-state index in [1.165, 1.54) is 24.8 Å². The Morgan fingerprint density at radius 3 is 2.29 bits per heavy atom. The predicted octanol–water partition coefficient (Wildman–Crippen LogP) is 5.79. The fraction of sp³-hybridized carbons (Fsp3) is 0.636. The van der Waals surface area contributed by atoms with Crippen LogP contribution in [0.15, 0.2) is 24.3 Å². The minimum absolute atomic E-state index is 0.217. The number of carbonyl (C=O) groups excluding carboxylic acids is 2. The molecule has 0 radical (unpaired) electrons. The van der Waals surface area contributed by atoms with Crippen LogP contribution in [0.4, 0.5) is 4.79 Å². The lowest BCUT2D eigenvalue weighted by molar-refractivity contribution is -0.453. The minimum atomic E-state index is -0.999. The third kappa shape index (κ3) is 7.15. The zero-order valence-corrected chi connectivity index (χ0v) is 17.1. The number of rotatable bonds is 9. The summed E-state index contributed by atoms with van der Waals surface area (Å²) in [6, 6.07) is 7.13. The van der Waals surface area contributed by atoms with Gasteiger partial charge < -0.3 is 4.74 Å². The van der Waals surface area contributed by atoms with Crippen LogP contribution >= 0.6 is 0 Å². The molecule has 0 aromatic heterocycles. The van der Waals surface area contributed by atoms with Crippen LogP contribution in [0.2, 0.25) is 0 Å². The summed E-state index contributed by atoms with van der Waals surface area (Å²) in [5, 5.41) is 4.32. The summed E-state index contributed by atoms with van der Waals surface area (Å²) in [5.41, 5.74) is 1.49. The molecule has 6 heteroatoms. The van der Waals surface area contributed by atoms with E-state index in [0.717, 1.165) is 32.1 Å². The molecule has 1 aliphatic rings. The number of aryl methyl sites for hydroxylation is 1. The monoisotopic (exact) mass is 392 g/mol. The Balaban J connectivity index is 1.69. The summed E-state index contributed by atoms with van der Waals surface area (Å²) in [6.45, 7) is 6.27. The van der Waals surface area contributed by atoms with E-state index in [-0.39, 0.29) is 17.9 Å². The molecule has 6 nitrogen and oxygen atoms in total. The first-order valence-corrected chi connectivity index (χ1v) is 10.4.